The largest absolute Gasteiger partial charge is 0.469 e. The highest BCUT2D eigenvalue weighted by atomic mass is 32.1. The number of ether oxygens (including phenoxy) is 2. The summed E-state index contributed by atoms with van der Waals surface area (Å²) in [6, 6.07) is 0. The zero-order chi connectivity index (χ0) is 12.1. The summed E-state index contributed by atoms with van der Waals surface area (Å²) in [7, 11) is 2.59. The predicted octanol–water partition coefficient (Wildman–Crippen LogP) is 1.35. The molecule has 16 heavy (non-hydrogen) atoms. The van der Waals surface area contributed by atoms with E-state index in [1.807, 2.05) is 0 Å². The lowest BCUT2D eigenvalue weighted by Gasteiger charge is -1.97. The summed E-state index contributed by atoms with van der Waals surface area (Å²) in [6.07, 6.45) is -0.429. The van der Waals surface area contributed by atoms with Gasteiger partial charge in [-0.15, -0.1) is 11.3 Å². The molecule has 1 rings (SSSR count). The lowest BCUT2D eigenvalue weighted by atomic mass is 10.3. The Morgan fingerprint density at radius 1 is 1.38 bits per heavy atom. The van der Waals surface area contributed by atoms with Crippen molar-refractivity contribution < 1.29 is 19.1 Å². The van der Waals surface area contributed by atoms with Gasteiger partial charge >= 0.3 is 12.1 Å². The van der Waals surface area contributed by atoms with Crippen molar-refractivity contribution in [3.05, 3.63) is 10.6 Å². The smallest absolute Gasteiger partial charge is 0.413 e. The molecule has 0 aromatic carbocycles. The van der Waals surface area contributed by atoms with Gasteiger partial charge in [-0.2, -0.15) is 0 Å². The van der Waals surface area contributed by atoms with Crippen LogP contribution in [-0.4, -0.2) is 31.3 Å². The standard InChI is InChI=1S/C9H12N2O4S/c1-5-6(4-7(12)14-2)16-8(10-5)11-9(13)15-3/h4H2,1-3H3,(H,10,11,13). The summed E-state index contributed by atoms with van der Waals surface area (Å²) in [5, 5.41) is 2.84. The maximum absolute atomic E-state index is 11.1. The zero-order valence-electron chi connectivity index (χ0n) is 9.20. The van der Waals surface area contributed by atoms with E-state index >= 15 is 0 Å². The Morgan fingerprint density at radius 2 is 2.06 bits per heavy atom. The monoisotopic (exact) mass is 244 g/mol. The normalized spacial score (nSPS) is 9.69. The number of hydrogen-bond acceptors (Lipinski definition) is 6. The summed E-state index contributed by atoms with van der Waals surface area (Å²) >= 11 is 1.22. The second-order valence-electron chi connectivity index (χ2n) is 2.90. The van der Waals surface area contributed by atoms with Crippen molar-refractivity contribution >= 4 is 28.5 Å². The molecule has 0 aliphatic carbocycles. The zero-order valence-corrected chi connectivity index (χ0v) is 10.0. The highest BCUT2D eigenvalue weighted by Crippen LogP contribution is 2.23. The number of carbonyl (C=O) groups excluding carboxylic acids is 2. The van der Waals surface area contributed by atoms with Crippen molar-refractivity contribution in [2.75, 3.05) is 19.5 Å². The van der Waals surface area contributed by atoms with E-state index in [0.717, 1.165) is 4.88 Å². The molecule has 0 saturated carbocycles. The summed E-state index contributed by atoms with van der Waals surface area (Å²) in [6.45, 7) is 1.76. The van der Waals surface area contributed by atoms with E-state index in [1.54, 1.807) is 6.92 Å². The van der Waals surface area contributed by atoms with Crippen LogP contribution in [0.2, 0.25) is 0 Å². The van der Waals surface area contributed by atoms with Gasteiger partial charge in [-0.1, -0.05) is 0 Å². The fourth-order valence-electron chi connectivity index (χ4n) is 0.987. The molecule has 0 aliphatic heterocycles. The topological polar surface area (TPSA) is 77.5 Å². The number of methoxy groups -OCH3 is 2. The number of amides is 1. The van der Waals surface area contributed by atoms with Gasteiger partial charge in [-0.3, -0.25) is 10.1 Å². The third-order valence-electron chi connectivity index (χ3n) is 1.82. The molecule has 0 aliphatic rings. The fourth-order valence-corrected chi connectivity index (χ4v) is 1.92. The van der Waals surface area contributed by atoms with Gasteiger partial charge in [0.15, 0.2) is 5.13 Å². The number of anilines is 1. The van der Waals surface area contributed by atoms with Gasteiger partial charge in [0, 0.05) is 4.88 Å². The molecular formula is C9H12N2O4S. The number of nitrogens with one attached hydrogen (secondary N) is 1. The van der Waals surface area contributed by atoms with Gasteiger partial charge < -0.3 is 9.47 Å². The minimum absolute atomic E-state index is 0.156. The SMILES string of the molecule is COC(=O)Cc1sc(NC(=O)OC)nc1C. The van der Waals surface area contributed by atoms with Crippen LogP contribution in [0.25, 0.3) is 0 Å². The molecule has 0 atom stereocenters. The number of aryl methyl sites for hydroxylation is 1. The number of carbonyl (C=O) groups is 2. The fraction of sp³-hybridized carbons (Fsp3) is 0.444. The molecular weight excluding hydrogens is 232 g/mol. The molecule has 1 N–H and O–H groups in total. The van der Waals surface area contributed by atoms with Crippen LogP contribution < -0.4 is 5.32 Å². The average Bonchev–Trinajstić information content (AvgIpc) is 2.58. The summed E-state index contributed by atoms with van der Waals surface area (Å²) in [5.41, 5.74) is 0.696. The highest BCUT2D eigenvalue weighted by Gasteiger charge is 2.13. The van der Waals surface area contributed by atoms with Crippen LogP contribution in [0, 0.1) is 6.92 Å². The van der Waals surface area contributed by atoms with Crippen molar-refractivity contribution in [3.63, 3.8) is 0 Å². The molecule has 0 radical (unpaired) electrons. The molecule has 0 saturated heterocycles. The molecule has 1 aromatic rings. The van der Waals surface area contributed by atoms with Crippen LogP contribution in [-0.2, 0) is 20.7 Å². The predicted molar refractivity (Wildman–Crippen MR) is 58.6 cm³/mol. The molecule has 88 valence electrons. The van der Waals surface area contributed by atoms with E-state index in [9.17, 15) is 9.59 Å². The van der Waals surface area contributed by atoms with Crippen LogP contribution in [0.15, 0.2) is 0 Å². The van der Waals surface area contributed by atoms with Crippen LogP contribution in [0.5, 0.6) is 0 Å². The second kappa shape index (κ2) is 5.45. The number of hydrogen-bond donors (Lipinski definition) is 1. The van der Waals surface area contributed by atoms with E-state index in [1.165, 1.54) is 25.6 Å². The molecule has 0 spiro atoms. The molecule has 0 bridgehead atoms. The van der Waals surface area contributed by atoms with Gasteiger partial charge in [-0.05, 0) is 6.92 Å². The van der Waals surface area contributed by atoms with E-state index in [-0.39, 0.29) is 12.4 Å². The van der Waals surface area contributed by atoms with Gasteiger partial charge in [0.1, 0.15) is 0 Å². The minimum atomic E-state index is -0.585. The number of nitrogens with zero attached hydrogens (tertiary/aromatic N) is 1. The summed E-state index contributed by atoms with van der Waals surface area (Å²) in [4.78, 5) is 26.8. The number of aromatic nitrogens is 1. The quantitative estimate of drug-likeness (QED) is 0.812. The Bertz CT molecular complexity index is 402. The van der Waals surface area contributed by atoms with E-state index in [0.29, 0.717) is 10.8 Å². The lowest BCUT2D eigenvalue weighted by Crippen LogP contribution is -2.10. The van der Waals surface area contributed by atoms with Crippen LogP contribution >= 0.6 is 11.3 Å². The number of rotatable bonds is 3. The molecule has 0 fully saturated rings. The van der Waals surface area contributed by atoms with Gasteiger partial charge in [0.2, 0.25) is 0 Å². The minimum Gasteiger partial charge on any atom is -0.469 e. The van der Waals surface area contributed by atoms with Gasteiger partial charge in [0.25, 0.3) is 0 Å². The van der Waals surface area contributed by atoms with Crippen molar-refractivity contribution in [1.29, 1.82) is 0 Å². The van der Waals surface area contributed by atoms with Crippen molar-refractivity contribution in [2.24, 2.45) is 0 Å². The lowest BCUT2D eigenvalue weighted by molar-refractivity contribution is -0.139. The summed E-state index contributed by atoms with van der Waals surface area (Å²) in [5.74, 6) is -0.337. The Kier molecular flexibility index (Phi) is 4.24. The number of thiazole rings is 1. The third kappa shape index (κ3) is 3.20. The molecule has 1 aromatic heterocycles. The molecule has 1 heterocycles. The first kappa shape index (κ1) is 12.4. The van der Waals surface area contributed by atoms with Crippen molar-refractivity contribution in [3.8, 4) is 0 Å². The highest BCUT2D eigenvalue weighted by molar-refractivity contribution is 7.16. The first-order chi connectivity index (χ1) is 7.56. The Labute approximate surface area is 96.6 Å². The van der Waals surface area contributed by atoms with E-state index in [4.69, 9.17) is 0 Å². The second-order valence-corrected chi connectivity index (χ2v) is 3.98. The first-order valence-electron chi connectivity index (χ1n) is 4.45. The number of esters is 1. The Hall–Kier alpha value is -1.63. The molecule has 0 unspecified atom stereocenters. The van der Waals surface area contributed by atoms with Gasteiger partial charge in [0.05, 0.1) is 26.3 Å². The van der Waals surface area contributed by atoms with E-state index in [2.05, 4.69) is 19.8 Å². The van der Waals surface area contributed by atoms with Crippen LogP contribution in [0.3, 0.4) is 0 Å². The Morgan fingerprint density at radius 3 is 2.62 bits per heavy atom. The average molecular weight is 244 g/mol. The van der Waals surface area contributed by atoms with Crippen LogP contribution in [0.1, 0.15) is 10.6 Å². The maximum atomic E-state index is 11.1. The third-order valence-corrected chi connectivity index (χ3v) is 2.89. The molecule has 1 amide bonds. The Balaban J connectivity index is 2.73. The first-order valence-corrected chi connectivity index (χ1v) is 5.26. The summed E-state index contributed by atoms with van der Waals surface area (Å²) < 4.78 is 8.98. The maximum Gasteiger partial charge on any atom is 0.413 e. The van der Waals surface area contributed by atoms with Gasteiger partial charge in [-0.25, -0.2) is 9.78 Å². The van der Waals surface area contributed by atoms with E-state index < -0.39 is 6.09 Å². The van der Waals surface area contributed by atoms with Crippen molar-refractivity contribution in [2.45, 2.75) is 13.3 Å². The molecule has 7 heteroatoms. The van der Waals surface area contributed by atoms with Crippen LogP contribution in [0.4, 0.5) is 9.93 Å². The molecule has 6 nitrogen and oxygen atoms in total. The van der Waals surface area contributed by atoms with Crippen molar-refractivity contribution in [1.82, 2.24) is 4.98 Å².